The third kappa shape index (κ3) is 4.08. The molecule has 26 heavy (non-hydrogen) atoms. The van der Waals surface area contributed by atoms with Crippen molar-refractivity contribution >= 4 is 50.1 Å². The Hall–Kier alpha value is -1.49. The Morgan fingerprint density at radius 3 is 2.42 bits per heavy atom. The van der Waals surface area contributed by atoms with Gasteiger partial charge < -0.3 is 5.32 Å². The summed E-state index contributed by atoms with van der Waals surface area (Å²) in [4.78, 5) is 25.5. The molecule has 2 saturated heterocycles. The molecular formula is C16H19N3O4S3. The molecule has 2 amide bonds. The number of nitrogens with zero attached hydrogens (tertiary/aromatic N) is 2. The lowest BCUT2D eigenvalue weighted by Crippen LogP contribution is -2.37. The van der Waals surface area contributed by atoms with Crippen LogP contribution in [0.4, 0.5) is 0 Å². The topological polar surface area (TPSA) is 86.8 Å². The van der Waals surface area contributed by atoms with E-state index >= 15 is 0 Å². The highest BCUT2D eigenvalue weighted by Crippen LogP contribution is 2.21. The van der Waals surface area contributed by atoms with Crippen LogP contribution in [0.1, 0.15) is 23.2 Å². The van der Waals surface area contributed by atoms with Crippen molar-refractivity contribution in [2.75, 3.05) is 31.9 Å². The normalized spacial score (nSPS) is 18.5. The Morgan fingerprint density at radius 2 is 1.85 bits per heavy atom. The molecule has 2 aliphatic heterocycles. The molecule has 7 nitrogen and oxygen atoms in total. The summed E-state index contributed by atoms with van der Waals surface area (Å²) in [6, 6.07) is 5.91. The van der Waals surface area contributed by atoms with Gasteiger partial charge in [0.15, 0.2) is 0 Å². The monoisotopic (exact) mass is 413 g/mol. The van der Waals surface area contributed by atoms with Gasteiger partial charge in [0.05, 0.1) is 10.6 Å². The summed E-state index contributed by atoms with van der Waals surface area (Å²) in [6.07, 6.45) is 1.75. The van der Waals surface area contributed by atoms with E-state index in [1.54, 1.807) is 0 Å². The lowest BCUT2D eigenvalue weighted by atomic mass is 10.2. The molecule has 1 aromatic carbocycles. The lowest BCUT2D eigenvalue weighted by Gasteiger charge is -2.16. The quantitative estimate of drug-likeness (QED) is 0.702. The maximum absolute atomic E-state index is 12.5. The van der Waals surface area contributed by atoms with Gasteiger partial charge >= 0.3 is 0 Å². The van der Waals surface area contributed by atoms with Crippen molar-refractivity contribution in [1.29, 1.82) is 0 Å². The van der Waals surface area contributed by atoms with Crippen LogP contribution in [0.15, 0.2) is 29.2 Å². The molecule has 10 heteroatoms. The maximum Gasteiger partial charge on any atom is 0.251 e. The first kappa shape index (κ1) is 19.3. The Bertz CT molecular complexity index is 802. The second-order valence-electron chi connectivity index (χ2n) is 5.99. The first-order valence-electron chi connectivity index (χ1n) is 8.25. The highest BCUT2D eigenvalue weighted by Gasteiger charge is 2.27. The fourth-order valence-electron chi connectivity index (χ4n) is 2.84. The number of thioether (sulfide) groups is 1. The van der Waals surface area contributed by atoms with E-state index in [1.165, 1.54) is 45.2 Å². The predicted molar refractivity (Wildman–Crippen MR) is 104 cm³/mol. The minimum atomic E-state index is -3.48. The SMILES string of the molecule is O=C(NCCN1C(=O)CSC1=S)c1ccc(S(=O)(=O)N2CCCC2)cc1. The fraction of sp³-hybridized carbons (Fsp3) is 0.438. The average molecular weight is 414 g/mol. The van der Waals surface area contributed by atoms with Gasteiger partial charge in [-0.2, -0.15) is 4.31 Å². The molecule has 0 bridgehead atoms. The number of nitrogens with one attached hydrogen (secondary N) is 1. The van der Waals surface area contributed by atoms with Crippen LogP contribution in [0, 0.1) is 0 Å². The van der Waals surface area contributed by atoms with Gasteiger partial charge in [-0.05, 0) is 37.1 Å². The summed E-state index contributed by atoms with van der Waals surface area (Å²) in [5, 5.41) is 2.72. The molecule has 0 atom stereocenters. The number of thiocarbonyl (C=S) groups is 1. The largest absolute Gasteiger partial charge is 0.350 e. The zero-order valence-corrected chi connectivity index (χ0v) is 16.5. The van der Waals surface area contributed by atoms with Gasteiger partial charge in [-0.25, -0.2) is 8.42 Å². The summed E-state index contributed by atoms with van der Waals surface area (Å²) in [7, 11) is -3.48. The van der Waals surface area contributed by atoms with Crippen LogP contribution in [0.5, 0.6) is 0 Å². The van der Waals surface area contributed by atoms with E-state index in [-0.39, 0.29) is 23.3 Å². The van der Waals surface area contributed by atoms with Crippen molar-refractivity contribution in [3.8, 4) is 0 Å². The predicted octanol–water partition coefficient (Wildman–Crippen LogP) is 1.06. The van der Waals surface area contributed by atoms with Crippen LogP contribution in [-0.4, -0.2) is 65.7 Å². The minimum Gasteiger partial charge on any atom is -0.350 e. The van der Waals surface area contributed by atoms with Crippen molar-refractivity contribution < 1.29 is 18.0 Å². The molecule has 0 spiro atoms. The first-order chi connectivity index (χ1) is 12.4. The fourth-order valence-corrected chi connectivity index (χ4v) is 5.47. The van der Waals surface area contributed by atoms with E-state index < -0.39 is 10.0 Å². The molecule has 3 rings (SSSR count). The van der Waals surface area contributed by atoms with Crippen LogP contribution in [0.2, 0.25) is 0 Å². The Kier molecular flexibility index (Phi) is 5.96. The second-order valence-corrected chi connectivity index (χ2v) is 9.54. The van der Waals surface area contributed by atoms with Crippen LogP contribution < -0.4 is 5.32 Å². The van der Waals surface area contributed by atoms with Crippen molar-refractivity contribution in [1.82, 2.24) is 14.5 Å². The Labute approximate surface area is 162 Å². The molecule has 1 N–H and O–H groups in total. The van der Waals surface area contributed by atoms with Gasteiger partial charge in [0.25, 0.3) is 5.91 Å². The van der Waals surface area contributed by atoms with Crippen molar-refractivity contribution in [3.63, 3.8) is 0 Å². The number of carbonyl (C=O) groups is 2. The average Bonchev–Trinajstić information content (AvgIpc) is 3.27. The molecule has 0 aromatic heterocycles. The third-order valence-corrected chi connectivity index (χ3v) is 7.63. The van der Waals surface area contributed by atoms with Crippen LogP contribution in [0.3, 0.4) is 0 Å². The summed E-state index contributed by atoms with van der Waals surface area (Å²) < 4.78 is 26.9. The molecule has 0 aliphatic carbocycles. The smallest absolute Gasteiger partial charge is 0.251 e. The van der Waals surface area contributed by atoms with Gasteiger partial charge in [0.2, 0.25) is 15.9 Å². The standard InChI is InChI=1S/C16H19N3O4S3/c20-14-11-25-16(24)19(14)10-7-17-15(21)12-3-5-13(6-4-12)26(22,23)18-8-1-2-9-18/h3-6H,1-2,7-11H2,(H,17,21). The van der Waals surface area contributed by atoms with E-state index in [9.17, 15) is 18.0 Å². The van der Waals surface area contributed by atoms with E-state index in [1.807, 2.05) is 0 Å². The van der Waals surface area contributed by atoms with Crippen molar-refractivity contribution in [2.24, 2.45) is 0 Å². The minimum absolute atomic E-state index is 0.0503. The first-order valence-corrected chi connectivity index (χ1v) is 11.1. The number of rotatable bonds is 6. The molecule has 140 valence electrons. The van der Waals surface area contributed by atoms with Crippen LogP contribution in [0.25, 0.3) is 0 Å². The summed E-state index contributed by atoms with van der Waals surface area (Å²) in [5.74, 6) is -0.0224. The molecule has 2 heterocycles. The summed E-state index contributed by atoms with van der Waals surface area (Å²) >= 11 is 6.40. The molecule has 0 unspecified atom stereocenters. The zero-order valence-electron chi connectivity index (χ0n) is 14.0. The molecular weight excluding hydrogens is 394 g/mol. The highest BCUT2D eigenvalue weighted by atomic mass is 32.2. The third-order valence-electron chi connectivity index (χ3n) is 4.28. The Balaban J connectivity index is 1.57. The second kappa shape index (κ2) is 8.03. The van der Waals surface area contributed by atoms with E-state index in [0.29, 0.717) is 35.3 Å². The number of hydrogen-bond donors (Lipinski definition) is 1. The Morgan fingerprint density at radius 1 is 1.19 bits per heavy atom. The highest BCUT2D eigenvalue weighted by molar-refractivity contribution is 8.23. The molecule has 2 fully saturated rings. The van der Waals surface area contributed by atoms with E-state index in [4.69, 9.17) is 12.2 Å². The van der Waals surface area contributed by atoms with E-state index in [0.717, 1.165) is 12.8 Å². The van der Waals surface area contributed by atoms with Crippen LogP contribution >= 0.6 is 24.0 Å². The van der Waals surface area contributed by atoms with Crippen molar-refractivity contribution in [2.45, 2.75) is 17.7 Å². The van der Waals surface area contributed by atoms with Gasteiger partial charge in [-0.3, -0.25) is 14.5 Å². The number of hydrogen-bond acceptors (Lipinski definition) is 6. The lowest BCUT2D eigenvalue weighted by molar-refractivity contribution is -0.123. The molecule has 1 aromatic rings. The number of carbonyl (C=O) groups excluding carboxylic acids is 2. The van der Waals surface area contributed by atoms with Crippen molar-refractivity contribution in [3.05, 3.63) is 29.8 Å². The maximum atomic E-state index is 12.5. The number of sulfonamides is 1. The molecule has 0 saturated carbocycles. The van der Waals surface area contributed by atoms with Crippen LogP contribution in [-0.2, 0) is 14.8 Å². The van der Waals surface area contributed by atoms with Gasteiger partial charge in [-0.1, -0.05) is 24.0 Å². The molecule has 2 aliphatic rings. The van der Waals surface area contributed by atoms with E-state index in [2.05, 4.69) is 5.32 Å². The molecule has 0 radical (unpaired) electrons. The van der Waals surface area contributed by atoms with Gasteiger partial charge in [-0.15, -0.1) is 0 Å². The number of amides is 2. The van der Waals surface area contributed by atoms with Gasteiger partial charge in [0, 0.05) is 31.7 Å². The van der Waals surface area contributed by atoms with Gasteiger partial charge in [0.1, 0.15) is 4.32 Å². The summed E-state index contributed by atoms with van der Waals surface area (Å²) in [5.41, 5.74) is 0.370. The number of benzene rings is 1. The summed E-state index contributed by atoms with van der Waals surface area (Å²) in [6.45, 7) is 1.69. The zero-order chi connectivity index (χ0) is 18.7.